The van der Waals surface area contributed by atoms with Crippen molar-refractivity contribution < 1.29 is 9.53 Å². The Morgan fingerprint density at radius 1 is 1.30 bits per heavy atom. The van der Waals surface area contributed by atoms with Crippen molar-refractivity contribution in [1.82, 2.24) is 0 Å². The van der Waals surface area contributed by atoms with Crippen molar-refractivity contribution in [2.24, 2.45) is 5.73 Å². The van der Waals surface area contributed by atoms with E-state index in [1.807, 2.05) is 24.3 Å². The zero-order valence-corrected chi connectivity index (χ0v) is 12.1. The minimum absolute atomic E-state index is 0.0353. The van der Waals surface area contributed by atoms with E-state index in [0.717, 1.165) is 10.0 Å². The van der Waals surface area contributed by atoms with Gasteiger partial charge in [-0.1, -0.05) is 28.1 Å². The summed E-state index contributed by atoms with van der Waals surface area (Å²) in [5, 5.41) is 9.34. The minimum Gasteiger partial charge on any atom is -0.444 e. The third-order valence-corrected chi connectivity index (χ3v) is 4.11. The molecular formula is C15H11BrN2O2. The van der Waals surface area contributed by atoms with Gasteiger partial charge in [-0.05, 0) is 17.7 Å². The summed E-state index contributed by atoms with van der Waals surface area (Å²) in [6.07, 6.45) is 0.976. The average Bonchev–Trinajstić information content (AvgIpc) is 2.79. The van der Waals surface area contributed by atoms with Gasteiger partial charge in [-0.3, -0.25) is 4.79 Å². The SMILES string of the molecule is N#CC1=C(N)OC2=C(C(=O)CC2)C1c1ccc(Br)cc1. The van der Waals surface area contributed by atoms with Gasteiger partial charge >= 0.3 is 0 Å². The van der Waals surface area contributed by atoms with Gasteiger partial charge in [0.1, 0.15) is 17.4 Å². The summed E-state index contributed by atoms with van der Waals surface area (Å²) in [6.45, 7) is 0. The lowest BCUT2D eigenvalue weighted by Crippen LogP contribution is -2.21. The number of halogens is 1. The zero-order valence-electron chi connectivity index (χ0n) is 10.5. The van der Waals surface area contributed by atoms with Crippen LogP contribution in [0.4, 0.5) is 0 Å². The summed E-state index contributed by atoms with van der Waals surface area (Å²) in [5.74, 6) is 0.341. The number of carbonyl (C=O) groups excluding carboxylic acids is 1. The Hall–Kier alpha value is -2.06. The molecule has 0 bridgehead atoms. The van der Waals surface area contributed by atoms with E-state index in [0.29, 0.717) is 29.7 Å². The van der Waals surface area contributed by atoms with Crippen LogP contribution in [0.3, 0.4) is 0 Å². The number of carbonyl (C=O) groups is 1. The summed E-state index contributed by atoms with van der Waals surface area (Å²) in [5.41, 5.74) is 7.59. The van der Waals surface area contributed by atoms with E-state index in [4.69, 9.17) is 10.5 Å². The van der Waals surface area contributed by atoms with Gasteiger partial charge < -0.3 is 10.5 Å². The molecule has 0 saturated heterocycles. The number of allylic oxidation sites excluding steroid dienone is 3. The van der Waals surface area contributed by atoms with Crippen LogP contribution in [0.2, 0.25) is 0 Å². The van der Waals surface area contributed by atoms with Gasteiger partial charge in [0.25, 0.3) is 0 Å². The van der Waals surface area contributed by atoms with E-state index in [2.05, 4.69) is 22.0 Å². The fraction of sp³-hybridized carbons (Fsp3) is 0.200. The second-order valence-corrected chi connectivity index (χ2v) is 5.65. The van der Waals surface area contributed by atoms with E-state index >= 15 is 0 Å². The molecule has 0 spiro atoms. The van der Waals surface area contributed by atoms with Crippen LogP contribution in [0.1, 0.15) is 24.3 Å². The van der Waals surface area contributed by atoms with Crippen molar-refractivity contribution in [3.63, 3.8) is 0 Å². The number of rotatable bonds is 1. The molecule has 3 rings (SSSR count). The largest absolute Gasteiger partial charge is 0.444 e. The molecule has 5 heteroatoms. The molecule has 1 aromatic rings. The van der Waals surface area contributed by atoms with Crippen molar-refractivity contribution in [3.05, 3.63) is 57.1 Å². The van der Waals surface area contributed by atoms with Gasteiger partial charge in [0.15, 0.2) is 5.78 Å². The van der Waals surface area contributed by atoms with Crippen molar-refractivity contribution in [3.8, 4) is 6.07 Å². The summed E-state index contributed by atoms with van der Waals surface area (Å²) in [4.78, 5) is 12.1. The van der Waals surface area contributed by atoms with Gasteiger partial charge in [-0.2, -0.15) is 5.26 Å². The molecule has 2 aliphatic rings. The van der Waals surface area contributed by atoms with Crippen molar-refractivity contribution in [1.29, 1.82) is 5.26 Å². The Kier molecular flexibility index (Phi) is 3.11. The first kappa shape index (κ1) is 12.9. The predicted octanol–water partition coefficient (Wildman–Crippen LogP) is 2.87. The van der Waals surface area contributed by atoms with Crippen molar-refractivity contribution in [2.75, 3.05) is 0 Å². The van der Waals surface area contributed by atoms with Crippen LogP contribution < -0.4 is 5.73 Å². The molecule has 0 saturated carbocycles. The van der Waals surface area contributed by atoms with Gasteiger partial charge in [0, 0.05) is 22.9 Å². The van der Waals surface area contributed by atoms with E-state index in [1.165, 1.54) is 0 Å². The quantitative estimate of drug-likeness (QED) is 0.858. The standard InChI is InChI=1S/C15H11BrN2O2/c16-9-3-1-8(2-4-9)13-10(7-17)15(18)20-12-6-5-11(19)14(12)13/h1-4,13H,5-6,18H2. The molecule has 1 heterocycles. The number of Topliss-reactive ketones (excluding diaryl/α,β-unsaturated/α-hetero) is 1. The Balaban J connectivity index is 2.16. The van der Waals surface area contributed by atoms with E-state index in [1.54, 1.807) is 0 Å². The molecule has 20 heavy (non-hydrogen) atoms. The van der Waals surface area contributed by atoms with E-state index in [9.17, 15) is 10.1 Å². The molecule has 100 valence electrons. The number of nitriles is 1. The minimum atomic E-state index is -0.410. The molecule has 1 aliphatic carbocycles. The Morgan fingerprint density at radius 3 is 2.65 bits per heavy atom. The maximum Gasteiger partial charge on any atom is 0.205 e. The first-order valence-electron chi connectivity index (χ1n) is 6.21. The highest BCUT2D eigenvalue weighted by Gasteiger charge is 2.39. The fourth-order valence-corrected chi connectivity index (χ4v) is 2.93. The zero-order chi connectivity index (χ0) is 14.3. The molecule has 0 amide bonds. The number of hydrogen-bond donors (Lipinski definition) is 1. The summed E-state index contributed by atoms with van der Waals surface area (Å²) < 4.78 is 6.38. The number of ketones is 1. The number of hydrogen-bond acceptors (Lipinski definition) is 4. The first-order chi connectivity index (χ1) is 9.61. The van der Waals surface area contributed by atoms with E-state index in [-0.39, 0.29) is 11.7 Å². The van der Waals surface area contributed by atoms with Gasteiger partial charge in [0.05, 0.1) is 5.92 Å². The number of benzene rings is 1. The van der Waals surface area contributed by atoms with Crippen LogP contribution in [-0.2, 0) is 9.53 Å². The van der Waals surface area contributed by atoms with Crippen LogP contribution in [0.5, 0.6) is 0 Å². The van der Waals surface area contributed by atoms with Crippen LogP contribution in [0.15, 0.2) is 51.5 Å². The monoisotopic (exact) mass is 330 g/mol. The lowest BCUT2D eigenvalue weighted by atomic mass is 9.83. The van der Waals surface area contributed by atoms with E-state index < -0.39 is 5.92 Å². The molecule has 1 aromatic carbocycles. The molecule has 2 N–H and O–H groups in total. The van der Waals surface area contributed by atoms with Gasteiger partial charge in [-0.25, -0.2) is 0 Å². The fourth-order valence-electron chi connectivity index (χ4n) is 2.66. The van der Waals surface area contributed by atoms with Crippen molar-refractivity contribution in [2.45, 2.75) is 18.8 Å². The van der Waals surface area contributed by atoms with Crippen LogP contribution in [0.25, 0.3) is 0 Å². The second-order valence-electron chi connectivity index (χ2n) is 4.74. The third kappa shape index (κ3) is 1.93. The molecule has 0 aromatic heterocycles. The molecule has 1 aliphatic heterocycles. The summed E-state index contributed by atoms with van der Waals surface area (Å²) in [7, 11) is 0. The molecule has 4 nitrogen and oxygen atoms in total. The number of ether oxygens (including phenoxy) is 1. The van der Waals surface area contributed by atoms with Crippen LogP contribution >= 0.6 is 15.9 Å². The highest BCUT2D eigenvalue weighted by atomic mass is 79.9. The topological polar surface area (TPSA) is 76.1 Å². The maximum absolute atomic E-state index is 12.1. The smallest absolute Gasteiger partial charge is 0.205 e. The number of nitrogens with zero attached hydrogens (tertiary/aromatic N) is 1. The highest BCUT2D eigenvalue weighted by molar-refractivity contribution is 9.10. The maximum atomic E-state index is 12.1. The lowest BCUT2D eigenvalue weighted by molar-refractivity contribution is -0.115. The second kappa shape index (κ2) is 4.80. The summed E-state index contributed by atoms with van der Waals surface area (Å²) >= 11 is 3.38. The van der Waals surface area contributed by atoms with Crippen LogP contribution in [-0.4, -0.2) is 5.78 Å². The average molecular weight is 331 g/mol. The predicted molar refractivity (Wildman–Crippen MR) is 76.1 cm³/mol. The Bertz CT molecular complexity index is 696. The lowest BCUT2D eigenvalue weighted by Gasteiger charge is -2.25. The Morgan fingerprint density at radius 2 is 2.00 bits per heavy atom. The molecule has 1 unspecified atom stereocenters. The van der Waals surface area contributed by atoms with Crippen LogP contribution in [0, 0.1) is 11.3 Å². The first-order valence-corrected chi connectivity index (χ1v) is 7.00. The summed E-state index contributed by atoms with van der Waals surface area (Å²) in [6, 6.07) is 9.63. The third-order valence-electron chi connectivity index (χ3n) is 3.58. The van der Waals surface area contributed by atoms with Gasteiger partial charge in [-0.15, -0.1) is 0 Å². The Labute approximate surface area is 124 Å². The van der Waals surface area contributed by atoms with Crippen molar-refractivity contribution >= 4 is 21.7 Å². The van der Waals surface area contributed by atoms with Gasteiger partial charge in [0.2, 0.25) is 5.88 Å². The molecule has 0 radical (unpaired) electrons. The molecule has 1 atom stereocenters. The molecule has 0 fully saturated rings. The highest BCUT2D eigenvalue weighted by Crippen LogP contribution is 2.44. The number of nitrogens with two attached hydrogens (primary N) is 1. The normalized spacial score (nSPS) is 21.6. The molecular weight excluding hydrogens is 320 g/mol.